The molecule has 8 amide bonds. The molecular weight excluding hydrogens is 766 g/mol. The van der Waals surface area contributed by atoms with Crippen LogP contribution in [0.1, 0.15) is 52.6 Å². The van der Waals surface area contributed by atoms with E-state index in [4.69, 9.17) is 0 Å². The van der Waals surface area contributed by atoms with Crippen LogP contribution < -0.4 is 19.6 Å². The second-order valence-corrected chi connectivity index (χ2v) is 12.9. The molecule has 57 heavy (non-hydrogen) atoms. The van der Waals surface area contributed by atoms with Crippen molar-refractivity contribution in [3.8, 4) is 0 Å². The van der Waals surface area contributed by atoms with E-state index in [2.05, 4.69) is 0 Å². The van der Waals surface area contributed by atoms with E-state index in [1.54, 1.807) is 0 Å². The van der Waals surface area contributed by atoms with Crippen molar-refractivity contribution < 1.29 is 64.7 Å². The van der Waals surface area contributed by atoms with Gasteiger partial charge in [-0.3, -0.25) is 38.4 Å². The molecule has 4 aromatic rings. The van der Waals surface area contributed by atoms with Gasteiger partial charge in [-0.05, 0) is 83.9 Å². The maximum Gasteiger partial charge on any atom is 0.411 e. The molecule has 0 spiro atoms. The molecule has 0 aromatic heterocycles. The summed E-state index contributed by atoms with van der Waals surface area (Å²) in [6.07, 6.45) is -8.35. The number of fused-ring (bicyclic) bond motifs is 2. The van der Waals surface area contributed by atoms with Crippen molar-refractivity contribution in [1.29, 1.82) is 0 Å². The van der Waals surface area contributed by atoms with E-state index in [1.165, 1.54) is 24.3 Å². The first kappa shape index (κ1) is 36.5. The topological polar surface area (TPSA) is 150 Å². The van der Waals surface area contributed by atoms with Gasteiger partial charge >= 0.3 is 12.4 Å². The molecule has 4 heterocycles. The molecule has 4 aliphatic heterocycles. The SMILES string of the molecule is O=C1C=CC(=O)N1c1ccc(N2C(=O)c3ccc(C(c4ccc5c(c4)C(=O)N(c4ccc(N6C(=O)C=CC6=O)cc4)C5=O)(C(F)(F)F)C(F)(F)F)cc3C2=O)cc1. The van der Waals surface area contributed by atoms with E-state index >= 15 is 26.3 Å². The number of hydrogen-bond donors (Lipinski definition) is 0. The Kier molecular flexibility index (Phi) is 7.84. The predicted octanol–water partition coefficient (Wildman–Crippen LogP) is 5.56. The Hall–Kier alpha value is -7.50. The van der Waals surface area contributed by atoms with Crippen LogP contribution in [0.25, 0.3) is 0 Å². The highest BCUT2D eigenvalue weighted by atomic mass is 19.4. The molecule has 12 nitrogen and oxygen atoms in total. The third kappa shape index (κ3) is 5.16. The van der Waals surface area contributed by atoms with Gasteiger partial charge in [-0.15, -0.1) is 0 Å². The van der Waals surface area contributed by atoms with Crippen LogP contribution >= 0.6 is 0 Å². The number of anilines is 4. The second kappa shape index (κ2) is 12.3. The number of imide groups is 4. The molecular formula is C39H18F6N4O8. The summed E-state index contributed by atoms with van der Waals surface area (Å²) in [6.45, 7) is 0. The van der Waals surface area contributed by atoms with Crippen molar-refractivity contribution in [3.05, 3.63) is 143 Å². The third-order valence-electron chi connectivity index (χ3n) is 9.84. The molecule has 0 N–H and O–H groups in total. The Bertz CT molecular complexity index is 2410. The molecule has 4 aromatic carbocycles. The number of rotatable bonds is 6. The number of benzene rings is 4. The van der Waals surface area contributed by atoms with Crippen molar-refractivity contribution in [3.63, 3.8) is 0 Å². The zero-order chi connectivity index (χ0) is 40.9. The van der Waals surface area contributed by atoms with Crippen molar-refractivity contribution in [2.24, 2.45) is 0 Å². The summed E-state index contributed by atoms with van der Waals surface area (Å²) in [5.41, 5.74) is -10.8. The summed E-state index contributed by atoms with van der Waals surface area (Å²) in [4.78, 5) is 105. The minimum Gasteiger partial charge on any atom is -0.269 e. The van der Waals surface area contributed by atoms with Crippen LogP contribution in [0.5, 0.6) is 0 Å². The summed E-state index contributed by atoms with van der Waals surface area (Å²) in [6, 6.07) is 12.1. The number of halogens is 6. The summed E-state index contributed by atoms with van der Waals surface area (Å²) >= 11 is 0. The van der Waals surface area contributed by atoms with Crippen LogP contribution in [0.4, 0.5) is 49.1 Å². The predicted molar refractivity (Wildman–Crippen MR) is 184 cm³/mol. The molecule has 0 saturated carbocycles. The van der Waals surface area contributed by atoms with Crippen LogP contribution in [0, 0.1) is 0 Å². The van der Waals surface area contributed by atoms with Crippen LogP contribution in [0.15, 0.2) is 109 Å². The highest BCUT2D eigenvalue weighted by Gasteiger charge is 2.73. The number of alkyl halides is 6. The summed E-state index contributed by atoms with van der Waals surface area (Å²) in [5, 5.41) is 0. The highest BCUT2D eigenvalue weighted by Crippen LogP contribution is 2.57. The fourth-order valence-electron chi connectivity index (χ4n) is 7.21. The van der Waals surface area contributed by atoms with Crippen molar-refractivity contribution in [2.45, 2.75) is 17.8 Å². The molecule has 0 bridgehead atoms. The van der Waals surface area contributed by atoms with E-state index in [-0.39, 0.29) is 22.7 Å². The lowest BCUT2D eigenvalue weighted by Crippen LogP contribution is -2.55. The first-order valence-corrected chi connectivity index (χ1v) is 16.4. The van der Waals surface area contributed by atoms with Gasteiger partial charge in [0, 0.05) is 24.3 Å². The monoisotopic (exact) mass is 784 g/mol. The van der Waals surface area contributed by atoms with Crippen molar-refractivity contribution >= 4 is 70.0 Å². The van der Waals surface area contributed by atoms with Crippen LogP contribution in [-0.2, 0) is 24.6 Å². The Balaban J connectivity index is 1.16. The van der Waals surface area contributed by atoms with E-state index < -0.39 is 98.4 Å². The Morgan fingerprint density at radius 3 is 0.877 bits per heavy atom. The van der Waals surface area contributed by atoms with Gasteiger partial charge in [-0.1, -0.05) is 12.1 Å². The number of carbonyl (C=O) groups excluding carboxylic acids is 8. The van der Waals surface area contributed by atoms with E-state index in [0.29, 0.717) is 46.2 Å². The molecule has 0 aliphatic carbocycles. The average Bonchev–Trinajstić information content (AvgIpc) is 3.83. The Labute approximate surface area is 314 Å². The third-order valence-corrected chi connectivity index (χ3v) is 9.84. The van der Waals surface area contributed by atoms with Gasteiger partial charge in [0.25, 0.3) is 47.3 Å². The van der Waals surface area contributed by atoms with Crippen LogP contribution in [0.3, 0.4) is 0 Å². The molecule has 4 aliphatic rings. The minimum absolute atomic E-state index is 0.0546. The molecule has 0 atom stereocenters. The van der Waals surface area contributed by atoms with E-state index in [1.807, 2.05) is 0 Å². The van der Waals surface area contributed by atoms with Gasteiger partial charge in [-0.2, -0.15) is 26.3 Å². The molecule has 0 unspecified atom stereocenters. The number of nitrogens with zero attached hydrogens (tertiary/aromatic N) is 4. The van der Waals surface area contributed by atoms with E-state index in [9.17, 15) is 38.4 Å². The lowest BCUT2D eigenvalue weighted by molar-refractivity contribution is -0.288. The minimum atomic E-state index is -6.20. The molecule has 284 valence electrons. The zero-order valence-electron chi connectivity index (χ0n) is 28.2. The van der Waals surface area contributed by atoms with Gasteiger partial charge in [0.15, 0.2) is 0 Å². The van der Waals surface area contributed by atoms with Gasteiger partial charge in [0.2, 0.25) is 5.41 Å². The van der Waals surface area contributed by atoms with Crippen molar-refractivity contribution in [2.75, 3.05) is 19.6 Å². The van der Waals surface area contributed by atoms with Gasteiger partial charge < -0.3 is 0 Å². The second-order valence-electron chi connectivity index (χ2n) is 12.9. The van der Waals surface area contributed by atoms with E-state index in [0.717, 1.165) is 58.4 Å². The van der Waals surface area contributed by atoms with Crippen LogP contribution in [0.2, 0.25) is 0 Å². The maximum absolute atomic E-state index is 15.3. The first-order valence-electron chi connectivity index (χ1n) is 16.4. The summed E-state index contributed by atoms with van der Waals surface area (Å²) in [5.74, 6) is -7.40. The Morgan fingerprint density at radius 1 is 0.333 bits per heavy atom. The lowest BCUT2D eigenvalue weighted by atomic mass is 9.71. The molecule has 8 rings (SSSR count). The molecule has 0 radical (unpaired) electrons. The number of amides is 8. The molecule has 0 fully saturated rings. The summed E-state index contributed by atoms with van der Waals surface area (Å²) < 4.78 is 91.6. The standard InChI is InChI=1S/C39H18F6N4O8/c40-38(41,42)37(39(43,44)45,19-1-11-25-27(17-19)35(56)48(33(25)54)23-7-3-21(4-8-23)46-29(50)13-14-30(46)51)20-2-12-26-28(18-20)36(57)49(34(26)55)24-9-5-22(6-10-24)47-31(52)15-16-32(47)53/h1-18H. The lowest BCUT2D eigenvalue weighted by Gasteiger charge is -2.38. The zero-order valence-corrected chi connectivity index (χ0v) is 28.2. The average molecular weight is 785 g/mol. The molecule has 0 saturated heterocycles. The Morgan fingerprint density at radius 2 is 0.596 bits per heavy atom. The largest absolute Gasteiger partial charge is 0.411 e. The fourth-order valence-corrected chi connectivity index (χ4v) is 7.21. The van der Waals surface area contributed by atoms with Gasteiger partial charge in [0.05, 0.1) is 45.0 Å². The fraction of sp³-hybridized carbons (Fsp3) is 0.0769. The van der Waals surface area contributed by atoms with Crippen LogP contribution in [-0.4, -0.2) is 59.6 Å². The summed E-state index contributed by atoms with van der Waals surface area (Å²) in [7, 11) is 0. The van der Waals surface area contributed by atoms with Gasteiger partial charge in [0.1, 0.15) is 0 Å². The number of carbonyl (C=O) groups is 8. The van der Waals surface area contributed by atoms with Crippen molar-refractivity contribution in [1.82, 2.24) is 0 Å². The smallest absolute Gasteiger partial charge is 0.269 e. The quantitative estimate of drug-likeness (QED) is 0.182. The normalized spacial score (nSPS) is 16.9. The maximum atomic E-state index is 15.3. The van der Waals surface area contributed by atoms with Gasteiger partial charge in [-0.25, -0.2) is 19.6 Å². The molecule has 18 heteroatoms. The first-order chi connectivity index (χ1) is 26.9. The number of hydrogen-bond acceptors (Lipinski definition) is 8. The highest BCUT2D eigenvalue weighted by molar-refractivity contribution is 6.36.